The van der Waals surface area contributed by atoms with Gasteiger partial charge in [0.2, 0.25) is 0 Å². The predicted octanol–water partition coefficient (Wildman–Crippen LogP) is 0.192. The summed E-state index contributed by atoms with van der Waals surface area (Å²) in [6.45, 7) is -0.466. The normalized spacial score (nSPS) is 12.0. The van der Waals surface area contributed by atoms with E-state index in [-0.39, 0.29) is 5.75 Å². The molecule has 6 nitrogen and oxygen atoms in total. The fourth-order valence-corrected chi connectivity index (χ4v) is 1.24. The second-order valence-corrected chi connectivity index (χ2v) is 3.14. The standard InChI is InChI=1S/C10H11NO5/c12-7-3-1-2-6(4-7)9(10(15)16)11-5-8(13)14/h1-4,9,11-12H,5H2,(H,13,14)(H,15,16). The summed E-state index contributed by atoms with van der Waals surface area (Å²) < 4.78 is 0. The molecule has 1 atom stereocenters. The first kappa shape index (κ1) is 12.0. The minimum absolute atomic E-state index is 0.0686. The van der Waals surface area contributed by atoms with Crippen LogP contribution in [0.25, 0.3) is 0 Å². The molecule has 0 heterocycles. The van der Waals surface area contributed by atoms with Gasteiger partial charge >= 0.3 is 11.9 Å². The van der Waals surface area contributed by atoms with E-state index < -0.39 is 24.5 Å². The number of nitrogens with one attached hydrogen (secondary N) is 1. The van der Waals surface area contributed by atoms with Gasteiger partial charge in [0.25, 0.3) is 0 Å². The summed E-state index contributed by atoms with van der Waals surface area (Å²) in [5, 5.41) is 28.9. The second-order valence-electron chi connectivity index (χ2n) is 3.14. The van der Waals surface area contributed by atoms with Gasteiger partial charge < -0.3 is 15.3 Å². The van der Waals surface area contributed by atoms with E-state index in [2.05, 4.69) is 5.32 Å². The Morgan fingerprint density at radius 2 is 2.00 bits per heavy atom. The number of hydrogen-bond donors (Lipinski definition) is 4. The van der Waals surface area contributed by atoms with Crippen LogP contribution >= 0.6 is 0 Å². The number of aromatic hydroxyl groups is 1. The maximum absolute atomic E-state index is 10.9. The topological polar surface area (TPSA) is 107 Å². The van der Waals surface area contributed by atoms with Crippen molar-refractivity contribution in [1.29, 1.82) is 0 Å². The Bertz CT molecular complexity index is 404. The Hall–Kier alpha value is -2.08. The molecule has 0 saturated carbocycles. The number of phenols is 1. The first-order valence-corrected chi connectivity index (χ1v) is 4.47. The molecule has 1 aromatic rings. The predicted molar refractivity (Wildman–Crippen MR) is 54.1 cm³/mol. The fourth-order valence-electron chi connectivity index (χ4n) is 1.24. The van der Waals surface area contributed by atoms with Crippen LogP contribution in [0.15, 0.2) is 24.3 Å². The van der Waals surface area contributed by atoms with E-state index >= 15 is 0 Å². The number of phenolic OH excluding ortho intramolecular Hbond substituents is 1. The zero-order chi connectivity index (χ0) is 12.1. The van der Waals surface area contributed by atoms with Crippen molar-refractivity contribution in [1.82, 2.24) is 5.32 Å². The summed E-state index contributed by atoms with van der Waals surface area (Å²) in [5.74, 6) is -2.42. The molecule has 0 aliphatic heterocycles. The number of benzene rings is 1. The van der Waals surface area contributed by atoms with Gasteiger partial charge in [0.05, 0.1) is 6.54 Å². The monoisotopic (exact) mass is 225 g/mol. The average molecular weight is 225 g/mol. The molecule has 0 aliphatic rings. The molecular formula is C10H11NO5. The minimum Gasteiger partial charge on any atom is -0.508 e. The summed E-state index contributed by atoms with van der Waals surface area (Å²) in [7, 11) is 0. The molecule has 0 aromatic heterocycles. The van der Waals surface area contributed by atoms with Crippen LogP contribution in [0.1, 0.15) is 11.6 Å². The Labute approximate surface area is 91.1 Å². The molecule has 0 aliphatic carbocycles. The van der Waals surface area contributed by atoms with Gasteiger partial charge in [0, 0.05) is 0 Å². The molecule has 1 aromatic carbocycles. The van der Waals surface area contributed by atoms with E-state index in [1.165, 1.54) is 24.3 Å². The van der Waals surface area contributed by atoms with Crippen molar-refractivity contribution in [3.63, 3.8) is 0 Å². The van der Waals surface area contributed by atoms with Crippen molar-refractivity contribution in [2.75, 3.05) is 6.54 Å². The fraction of sp³-hybridized carbons (Fsp3) is 0.200. The number of carbonyl (C=O) groups is 2. The largest absolute Gasteiger partial charge is 0.508 e. The highest BCUT2D eigenvalue weighted by Gasteiger charge is 2.20. The lowest BCUT2D eigenvalue weighted by atomic mass is 10.1. The molecule has 86 valence electrons. The van der Waals surface area contributed by atoms with Gasteiger partial charge in [-0.05, 0) is 17.7 Å². The average Bonchev–Trinajstić information content (AvgIpc) is 2.17. The van der Waals surface area contributed by atoms with Gasteiger partial charge in [-0.2, -0.15) is 0 Å². The van der Waals surface area contributed by atoms with Crippen molar-refractivity contribution >= 4 is 11.9 Å². The summed E-state index contributed by atoms with van der Waals surface area (Å²) in [4.78, 5) is 21.2. The van der Waals surface area contributed by atoms with E-state index in [1.807, 2.05) is 0 Å². The first-order chi connectivity index (χ1) is 7.50. The highest BCUT2D eigenvalue weighted by atomic mass is 16.4. The molecule has 16 heavy (non-hydrogen) atoms. The molecule has 0 fully saturated rings. The summed E-state index contributed by atoms with van der Waals surface area (Å²) in [5.41, 5.74) is 0.300. The van der Waals surface area contributed by atoms with Crippen LogP contribution in [-0.2, 0) is 9.59 Å². The van der Waals surface area contributed by atoms with E-state index in [9.17, 15) is 14.7 Å². The quantitative estimate of drug-likeness (QED) is 0.570. The molecule has 0 radical (unpaired) electrons. The molecule has 0 amide bonds. The Morgan fingerprint density at radius 3 is 2.50 bits per heavy atom. The Morgan fingerprint density at radius 1 is 1.31 bits per heavy atom. The van der Waals surface area contributed by atoms with Crippen molar-refractivity contribution in [3.05, 3.63) is 29.8 Å². The van der Waals surface area contributed by atoms with Gasteiger partial charge in [-0.15, -0.1) is 0 Å². The highest BCUT2D eigenvalue weighted by Crippen LogP contribution is 2.18. The first-order valence-electron chi connectivity index (χ1n) is 4.47. The molecule has 1 rings (SSSR count). The van der Waals surface area contributed by atoms with Crippen molar-refractivity contribution in [3.8, 4) is 5.75 Å². The van der Waals surface area contributed by atoms with Crippen molar-refractivity contribution in [2.45, 2.75) is 6.04 Å². The van der Waals surface area contributed by atoms with Crippen molar-refractivity contribution < 1.29 is 24.9 Å². The van der Waals surface area contributed by atoms with Crippen LogP contribution in [-0.4, -0.2) is 33.8 Å². The van der Waals surface area contributed by atoms with Crippen LogP contribution in [0.3, 0.4) is 0 Å². The molecule has 4 N–H and O–H groups in total. The molecule has 0 spiro atoms. The Kier molecular flexibility index (Phi) is 3.84. The maximum Gasteiger partial charge on any atom is 0.325 e. The number of carboxylic acids is 2. The molecule has 0 saturated heterocycles. The van der Waals surface area contributed by atoms with Gasteiger partial charge in [0.1, 0.15) is 11.8 Å². The number of hydrogen-bond acceptors (Lipinski definition) is 4. The zero-order valence-corrected chi connectivity index (χ0v) is 8.25. The van der Waals surface area contributed by atoms with Gasteiger partial charge in [-0.3, -0.25) is 14.9 Å². The molecule has 6 heteroatoms. The zero-order valence-electron chi connectivity index (χ0n) is 8.25. The molecular weight excluding hydrogens is 214 g/mol. The third-order valence-electron chi connectivity index (χ3n) is 1.91. The third-order valence-corrected chi connectivity index (χ3v) is 1.91. The van der Waals surface area contributed by atoms with Gasteiger partial charge in [-0.1, -0.05) is 12.1 Å². The van der Waals surface area contributed by atoms with Gasteiger partial charge in [0.15, 0.2) is 0 Å². The van der Waals surface area contributed by atoms with Crippen molar-refractivity contribution in [2.24, 2.45) is 0 Å². The minimum atomic E-state index is -1.20. The summed E-state index contributed by atoms with van der Waals surface area (Å²) in [6.07, 6.45) is 0. The van der Waals surface area contributed by atoms with E-state index in [4.69, 9.17) is 10.2 Å². The maximum atomic E-state index is 10.9. The number of carboxylic acid groups (broad SMARTS) is 2. The SMILES string of the molecule is O=C(O)CNC(C(=O)O)c1cccc(O)c1. The lowest BCUT2D eigenvalue weighted by Gasteiger charge is -2.13. The van der Waals surface area contributed by atoms with Crippen LogP contribution in [0, 0.1) is 0 Å². The van der Waals surface area contributed by atoms with E-state index in [0.29, 0.717) is 5.56 Å². The van der Waals surface area contributed by atoms with Crippen LogP contribution in [0.4, 0.5) is 0 Å². The van der Waals surface area contributed by atoms with E-state index in [0.717, 1.165) is 0 Å². The van der Waals surface area contributed by atoms with Crippen LogP contribution < -0.4 is 5.32 Å². The summed E-state index contributed by atoms with van der Waals surface area (Å²) in [6, 6.07) is 4.51. The third kappa shape index (κ3) is 3.25. The Balaban J connectivity index is 2.85. The lowest BCUT2D eigenvalue weighted by molar-refractivity contribution is -0.140. The number of aliphatic carboxylic acids is 2. The lowest BCUT2D eigenvalue weighted by Crippen LogP contribution is -2.32. The van der Waals surface area contributed by atoms with E-state index in [1.54, 1.807) is 0 Å². The van der Waals surface area contributed by atoms with Crippen LogP contribution in [0.2, 0.25) is 0 Å². The molecule has 0 bridgehead atoms. The smallest absolute Gasteiger partial charge is 0.325 e. The highest BCUT2D eigenvalue weighted by molar-refractivity contribution is 5.77. The number of rotatable bonds is 5. The second kappa shape index (κ2) is 5.13. The van der Waals surface area contributed by atoms with Crippen LogP contribution in [0.5, 0.6) is 5.75 Å². The summed E-state index contributed by atoms with van der Waals surface area (Å²) >= 11 is 0. The molecule has 1 unspecified atom stereocenters. The van der Waals surface area contributed by atoms with Gasteiger partial charge in [-0.25, -0.2) is 0 Å².